The molecule has 7 nitrogen and oxygen atoms in total. The van der Waals surface area contributed by atoms with Gasteiger partial charge in [0.25, 0.3) is 11.8 Å². The van der Waals surface area contributed by atoms with Crippen LogP contribution in [0.3, 0.4) is 0 Å². The Kier molecular flexibility index (Phi) is 7.15. The minimum absolute atomic E-state index is 0.204. The summed E-state index contributed by atoms with van der Waals surface area (Å²) in [6.07, 6.45) is 0.688. The van der Waals surface area contributed by atoms with E-state index >= 15 is 0 Å². The number of methoxy groups -OCH3 is 1. The summed E-state index contributed by atoms with van der Waals surface area (Å²) in [5, 5.41) is 4.04. The van der Waals surface area contributed by atoms with Gasteiger partial charge in [0, 0.05) is 12.0 Å². The van der Waals surface area contributed by atoms with Gasteiger partial charge in [-0.05, 0) is 49.1 Å². The van der Waals surface area contributed by atoms with Gasteiger partial charge in [-0.3, -0.25) is 19.8 Å². The predicted octanol–water partition coefficient (Wildman–Crippen LogP) is 3.98. The van der Waals surface area contributed by atoms with Crippen molar-refractivity contribution in [1.29, 1.82) is 0 Å². The van der Waals surface area contributed by atoms with Gasteiger partial charge < -0.3 is 10.1 Å². The summed E-state index contributed by atoms with van der Waals surface area (Å²) in [5.41, 5.74) is 6.97. The highest BCUT2D eigenvalue weighted by Gasteiger charge is 2.33. The number of benzene rings is 3. The van der Waals surface area contributed by atoms with Crippen LogP contribution >= 0.6 is 0 Å². The van der Waals surface area contributed by atoms with Gasteiger partial charge in [-0.1, -0.05) is 60.7 Å². The maximum absolute atomic E-state index is 13.4. The highest BCUT2D eigenvalue weighted by atomic mass is 16.5. The smallest absolute Gasteiger partial charge is 0.261 e. The van der Waals surface area contributed by atoms with Crippen molar-refractivity contribution in [3.63, 3.8) is 0 Å². The Bertz CT molecular complexity index is 1260. The van der Waals surface area contributed by atoms with Crippen molar-refractivity contribution >= 4 is 23.4 Å². The van der Waals surface area contributed by atoms with Crippen molar-refractivity contribution in [3.05, 3.63) is 83.9 Å². The second-order valence-electron chi connectivity index (χ2n) is 8.58. The molecule has 0 fully saturated rings. The topological polar surface area (TPSA) is 87.7 Å². The number of hydrogen-bond donors (Lipinski definition) is 2. The van der Waals surface area contributed by atoms with E-state index in [0.717, 1.165) is 28.0 Å². The number of ether oxygens (including phenoxy) is 1. The molecule has 0 bridgehead atoms. The maximum atomic E-state index is 13.4. The number of carbonyl (C=O) groups is 3. The fourth-order valence-electron chi connectivity index (χ4n) is 4.32. The number of nitrogens with one attached hydrogen (secondary N) is 2. The lowest BCUT2D eigenvalue weighted by Crippen LogP contribution is -2.54. The van der Waals surface area contributed by atoms with E-state index in [1.165, 1.54) is 5.01 Å². The Hall–Kier alpha value is -4.13. The van der Waals surface area contributed by atoms with E-state index in [4.69, 9.17) is 4.74 Å². The van der Waals surface area contributed by atoms with Crippen molar-refractivity contribution < 1.29 is 19.1 Å². The highest BCUT2D eigenvalue weighted by Crippen LogP contribution is 2.39. The zero-order chi connectivity index (χ0) is 24.9. The van der Waals surface area contributed by atoms with Crippen LogP contribution in [0.4, 0.5) is 5.69 Å². The van der Waals surface area contributed by atoms with Gasteiger partial charge in [-0.15, -0.1) is 0 Å². The highest BCUT2D eigenvalue weighted by molar-refractivity contribution is 6.06. The lowest BCUT2D eigenvalue weighted by atomic mass is 9.92. The average molecular weight is 472 g/mol. The fourth-order valence-corrected chi connectivity index (χ4v) is 4.32. The van der Waals surface area contributed by atoms with Crippen molar-refractivity contribution in [1.82, 2.24) is 10.7 Å². The molecule has 1 unspecified atom stereocenters. The van der Waals surface area contributed by atoms with E-state index in [1.54, 1.807) is 20.1 Å². The summed E-state index contributed by atoms with van der Waals surface area (Å²) in [7, 11) is 1.59. The van der Waals surface area contributed by atoms with Crippen molar-refractivity contribution in [2.24, 2.45) is 0 Å². The Labute approximate surface area is 205 Å². The first-order valence-electron chi connectivity index (χ1n) is 11.6. The van der Waals surface area contributed by atoms with Crippen LogP contribution in [-0.2, 0) is 20.8 Å². The van der Waals surface area contributed by atoms with Crippen LogP contribution in [0.15, 0.2) is 72.8 Å². The van der Waals surface area contributed by atoms with Crippen molar-refractivity contribution in [3.8, 4) is 16.9 Å². The third kappa shape index (κ3) is 5.04. The monoisotopic (exact) mass is 471 g/mol. The van der Waals surface area contributed by atoms with E-state index in [9.17, 15) is 14.4 Å². The fraction of sp³-hybridized carbons (Fsp3) is 0.250. The minimum atomic E-state index is -0.832. The van der Waals surface area contributed by atoms with Gasteiger partial charge in [0.05, 0.1) is 18.7 Å². The maximum Gasteiger partial charge on any atom is 0.261 e. The zero-order valence-corrected chi connectivity index (χ0v) is 20.1. The molecule has 180 valence electrons. The van der Waals surface area contributed by atoms with Gasteiger partial charge in [0.2, 0.25) is 5.91 Å². The number of amides is 3. The van der Waals surface area contributed by atoms with E-state index in [2.05, 4.69) is 10.7 Å². The first-order chi connectivity index (χ1) is 16.9. The Morgan fingerprint density at radius 1 is 0.971 bits per heavy atom. The Balaban J connectivity index is 1.46. The standard InChI is InChI=1S/C28H29N3O4/c1-18-21-11-5-6-12-22(21)23-13-7-8-14-24(23)31(28(18)34)30-27(33)19(2)29-26(32)17-16-20-10-4-9-15-25(20)35-3/h4-15,18-19H,16-17H2,1-3H3,(H,29,32)(H,30,33)/t18?,19-/m0/s1. The molecule has 1 aliphatic heterocycles. The zero-order valence-electron chi connectivity index (χ0n) is 20.1. The molecule has 1 heterocycles. The molecule has 0 saturated heterocycles. The van der Waals surface area contributed by atoms with Crippen molar-refractivity contribution in [2.45, 2.75) is 38.6 Å². The number of hydrazine groups is 1. The molecule has 0 aliphatic carbocycles. The number of fused-ring (bicyclic) bond motifs is 3. The van der Waals surface area contributed by atoms with Gasteiger partial charge in [-0.25, -0.2) is 5.01 Å². The second kappa shape index (κ2) is 10.4. The third-order valence-electron chi connectivity index (χ3n) is 6.26. The third-order valence-corrected chi connectivity index (χ3v) is 6.26. The molecular formula is C28H29N3O4. The van der Waals surface area contributed by atoms with Gasteiger partial charge >= 0.3 is 0 Å². The van der Waals surface area contributed by atoms with Crippen LogP contribution in [0.1, 0.15) is 37.3 Å². The number of anilines is 1. The lowest BCUT2D eigenvalue weighted by Gasteiger charge is -2.27. The van der Waals surface area contributed by atoms with Gasteiger partial charge in [-0.2, -0.15) is 0 Å². The molecule has 2 atom stereocenters. The van der Waals surface area contributed by atoms with Gasteiger partial charge in [0.1, 0.15) is 11.8 Å². The summed E-state index contributed by atoms with van der Waals surface area (Å²) in [6.45, 7) is 3.43. The number of hydrogen-bond acceptors (Lipinski definition) is 4. The molecule has 3 aromatic rings. The summed E-state index contributed by atoms with van der Waals surface area (Å²) in [5.74, 6) is -0.714. The molecule has 7 heteroatoms. The van der Waals surface area contributed by atoms with Crippen LogP contribution in [0.5, 0.6) is 5.75 Å². The molecule has 0 aromatic heterocycles. The molecule has 0 radical (unpaired) electrons. The molecule has 0 spiro atoms. The normalized spacial score (nSPS) is 15.3. The molecule has 0 saturated carbocycles. The largest absolute Gasteiger partial charge is 0.496 e. The SMILES string of the molecule is COc1ccccc1CCC(=O)N[C@@H](C)C(=O)NN1C(=O)C(C)c2ccccc2-c2ccccc21. The van der Waals surface area contributed by atoms with E-state index in [1.807, 2.05) is 73.7 Å². The van der Waals surface area contributed by atoms with Crippen LogP contribution in [0.25, 0.3) is 11.1 Å². The van der Waals surface area contributed by atoms with Crippen LogP contribution in [0.2, 0.25) is 0 Å². The quantitative estimate of drug-likeness (QED) is 0.546. The second-order valence-corrected chi connectivity index (χ2v) is 8.58. The molecule has 35 heavy (non-hydrogen) atoms. The first-order valence-corrected chi connectivity index (χ1v) is 11.6. The van der Waals surface area contributed by atoms with Crippen LogP contribution in [0, 0.1) is 0 Å². The molecule has 3 aromatic carbocycles. The molecular weight excluding hydrogens is 442 g/mol. The molecule has 1 aliphatic rings. The number of nitrogens with zero attached hydrogens (tertiary/aromatic N) is 1. The number of para-hydroxylation sites is 2. The minimum Gasteiger partial charge on any atom is -0.496 e. The summed E-state index contributed by atoms with van der Waals surface area (Å²) >= 11 is 0. The molecule has 2 N–H and O–H groups in total. The summed E-state index contributed by atoms with van der Waals surface area (Å²) in [4.78, 5) is 38.9. The molecule has 3 amide bonds. The van der Waals surface area contributed by atoms with E-state index < -0.39 is 17.9 Å². The predicted molar refractivity (Wildman–Crippen MR) is 135 cm³/mol. The summed E-state index contributed by atoms with van der Waals surface area (Å²) in [6, 6.07) is 21.9. The van der Waals surface area contributed by atoms with Crippen LogP contribution in [-0.4, -0.2) is 30.9 Å². The number of carbonyl (C=O) groups excluding carboxylic acids is 3. The van der Waals surface area contributed by atoms with Crippen molar-refractivity contribution in [2.75, 3.05) is 12.1 Å². The Morgan fingerprint density at radius 2 is 1.63 bits per heavy atom. The van der Waals surface area contributed by atoms with E-state index in [-0.39, 0.29) is 18.2 Å². The Morgan fingerprint density at radius 3 is 2.40 bits per heavy atom. The number of aryl methyl sites for hydroxylation is 1. The summed E-state index contributed by atoms with van der Waals surface area (Å²) < 4.78 is 5.33. The van der Waals surface area contributed by atoms with Crippen LogP contribution < -0.4 is 20.5 Å². The van der Waals surface area contributed by atoms with E-state index in [0.29, 0.717) is 12.1 Å². The lowest BCUT2D eigenvalue weighted by molar-refractivity contribution is -0.130. The average Bonchev–Trinajstić information content (AvgIpc) is 2.97. The first kappa shape index (κ1) is 24.0. The number of rotatable bonds is 7. The van der Waals surface area contributed by atoms with Gasteiger partial charge in [0.15, 0.2) is 0 Å². The molecule has 4 rings (SSSR count).